The Hall–Kier alpha value is -2.66. The van der Waals surface area contributed by atoms with Crippen LogP contribution < -0.4 is 10.6 Å². The lowest BCUT2D eigenvalue weighted by atomic mass is 10.1. The van der Waals surface area contributed by atoms with E-state index in [-0.39, 0.29) is 6.54 Å². The lowest BCUT2D eigenvalue weighted by Gasteiger charge is -2.12. The number of carbonyl (C=O) groups excluding carboxylic acids is 2. The molecule has 2 amide bonds. The summed E-state index contributed by atoms with van der Waals surface area (Å²) in [7, 11) is 0. The number of aliphatic hydroxyl groups excluding tert-OH is 1. The van der Waals surface area contributed by atoms with E-state index in [1.807, 2.05) is 25.1 Å². The molecule has 0 saturated carbocycles. The quantitative estimate of drug-likeness (QED) is 0.753. The van der Waals surface area contributed by atoms with E-state index in [0.717, 1.165) is 5.56 Å². The summed E-state index contributed by atoms with van der Waals surface area (Å²) in [4.78, 5) is 23.5. The van der Waals surface area contributed by atoms with Gasteiger partial charge >= 0.3 is 11.8 Å². The summed E-state index contributed by atoms with van der Waals surface area (Å²) in [6, 6.07) is 16.1. The molecule has 0 spiro atoms. The Balaban J connectivity index is 1.84. The Morgan fingerprint density at radius 2 is 1.64 bits per heavy atom. The topological polar surface area (TPSA) is 78.4 Å². The minimum absolute atomic E-state index is 0.0236. The highest BCUT2D eigenvalue weighted by atomic mass is 16.3. The van der Waals surface area contributed by atoms with Gasteiger partial charge in [-0.2, -0.15) is 0 Å². The van der Waals surface area contributed by atoms with Crippen molar-refractivity contribution in [3.63, 3.8) is 0 Å². The van der Waals surface area contributed by atoms with E-state index in [0.29, 0.717) is 11.3 Å². The average Bonchev–Trinajstić information content (AvgIpc) is 2.55. The number of rotatable bonds is 4. The molecule has 2 aromatic carbocycles. The Morgan fingerprint density at radius 1 is 1.00 bits per heavy atom. The number of carbonyl (C=O) groups is 2. The van der Waals surface area contributed by atoms with Crippen LogP contribution in [0.2, 0.25) is 0 Å². The molecule has 0 radical (unpaired) electrons. The molecule has 0 aliphatic rings. The van der Waals surface area contributed by atoms with Crippen LogP contribution in [-0.2, 0) is 9.59 Å². The van der Waals surface area contributed by atoms with Crippen molar-refractivity contribution in [1.82, 2.24) is 5.32 Å². The number of benzene rings is 2. The molecular weight excluding hydrogens is 280 g/mol. The van der Waals surface area contributed by atoms with Crippen molar-refractivity contribution >= 4 is 17.5 Å². The third-order valence-corrected chi connectivity index (χ3v) is 3.16. The molecule has 3 N–H and O–H groups in total. The highest BCUT2D eigenvalue weighted by molar-refractivity contribution is 6.39. The second-order valence-electron chi connectivity index (χ2n) is 4.96. The van der Waals surface area contributed by atoms with Crippen LogP contribution in [0.5, 0.6) is 0 Å². The molecule has 0 bridgehead atoms. The zero-order chi connectivity index (χ0) is 15.9. The van der Waals surface area contributed by atoms with Crippen LogP contribution in [0.3, 0.4) is 0 Å². The van der Waals surface area contributed by atoms with Crippen molar-refractivity contribution in [1.29, 1.82) is 0 Å². The van der Waals surface area contributed by atoms with Gasteiger partial charge in [0.05, 0.1) is 6.10 Å². The fourth-order valence-corrected chi connectivity index (χ4v) is 1.89. The summed E-state index contributed by atoms with van der Waals surface area (Å²) < 4.78 is 0. The Bertz CT molecular complexity index is 639. The van der Waals surface area contributed by atoms with Crippen LogP contribution >= 0.6 is 0 Å². The molecule has 0 unspecified atom stereocenters. The molecule has 5 heteroatoms. The van der Waals surface area contributed by atoms with Gasteiger partial charge in [0.1, 0.15) is 0 Å². The summed E-state index contributed by atoms with van der Waals surface area (Å²) in [5, 5.41) is 14.8. The van der Waals surface area contributed by atoms with E-state index in [4.69, 9.17) is 0 Å². The molecule has 0 aliphatic carbocycles. The smallest absolute Gasteiger partial charge is 0.313 e. The molecule has 2 aromatic rings. The first kappa shape index (κ1) is 15.7. The number of nitrogens with one attached hydrogen (secondary N) is 2. The van der Waals surface area contributed by atoms with Gasteiger partial charge in [0.25, 0.3) is 0 Å². The fraction of sp³-hybridized carbons (Fsp3) is 0.176. The fourth-order valence-electron chi connectivity index (χ4n) is 1.89. The van der Waals surface area contributed by atoms with Crippen molar-refractivity contribution in [2.24, 2.45) is 0 Å². The Morgan fingerprint density at radius 3 is 2.27 bits per heavy atom. The zero-order valence-corrected chi connectivity index (χ0v) is 12.2. The van der Waals surface area contributed by atoms with Gasteiger partial charge in [0.2, 0.25) is 0 Å². The SMILES string of the molecule is Cc1ccc(NC(=O)C(=O)NC[C@@H](O)c2ccccc2)cc1. The maximum absolute atomic E-state index is 11.7. The number of hydrogen-bond donors (Lipinski definition) is 3. The maximum atomic E-state index is 11.7. The van der Waals surface area contributed by atoms with E-state index < -0.39 is 17.9 Å². The van der Waals surface area contributed by atoms with E-state index >= 15 is 0 Å². The van der Waals surface area contributed by atoms with E-state index in [1.54, 1.807) is 36.4 Å². The van der Waals surface area contributed by atoms with Crippen LogP contribution in [0.15, 0.2) is 54.6 Å². The van der Waals surface area contributed by atoms with E-state index in [1.165, 1.54) is 0 Å². The normalized spacial score (nSPS) is 11.5. The number of anilines is 1. The number of aliphatic hydroxyl groups is 1. The predicted molar refractivity (Wildman–Crippen MR) is 84.2 cm³/mol. The highest BCUT2D eigenvalue weighted by Gasteiger charge is 2.15. The summed E-state index contributed by atoms with van der Waals surface area (Å²) in [6.07, 6.45) is -0.850. The molecule has 1 atom stereocenters. The van der Waals surface area contributed by atoms with Gasteiger partial charge in [-0.1, -0.05) is 48.0 Å². The second-order valence-corrected chi connectivity index (χ2v) is 4.96. The van der Waals surface area contributed by atoms with Gasteiger partial charge in [-0.15, -0.1) is 0 Å². The van der Waals surface area contributed by atoms with Gasteiger partial charge in [-0.3, -0.25) is 9.59 Å². The first-order chi connectivity index (χ1) is 10.6. The number of aryl methyl sites for hydroxylation is 1. The third kappa shape index (κ3) is 4.43. The van der Waals surface area contributed by atoms with Gasteiger partial charge < -0.3 is 15.7 Å². The van der Waals surface area contributed by atoms with E-state index in [2.05, 4.69) is 10.6 Å². The summed E-state index contributed by atoms with van der Waals surface area (Å²) in [5.41, 5.74) is 2.30. The summed E-state index contributed by atoms with van der Waals surface area (Å²) in [6.45, 7) is 1.91. The molecule has 0 fully saturated rings. The highest BCUT2D eigenvalue weighted by Crippen LogP contribution is 2.11. The first-order valence-electron chi connectivity index (χ1n) is 6.95. The lowest BCUT2D eigenvalue weighted by molar-refractivity contribution is -0.136. The minimum Gasteiger partial charge on any atom is -0.387 e. The van der Waals surface area contributed by atoms with Crippen molar-refractivity contribution in [3.8, 4) is 0 Å². The van der Waals surface area contributed by atoms with Crippen LogP contribution in [0.1, 0.15) is 17.2 Å². The lowest BCUT2D eigenvalue weighted by Crippen LogP contribution is -2.37. The van der Waals surface area contributed by atoms with Crippen LogP contribution in [-0.4, -0.2) is 23.5 Å². The molecular formula is C17H18N2O3. The Labute approximate surface area is 129 Å². The molecule has 0 saturated heterocycles. The van der Waals surface area contributed by atoms with Crippen LogP contribution in [0.25, 0.3) is 0 Å². The molecule has 22 heavy (non-hydrogen) atoms. The average molecular weight is 298 g/mol. The molecule has 0 aliphatic heterocycles. The predicted octanol–water partition coefficient (Wildman–Crippen LogP) is 1.78. The van der Waals surface area contributed by atoms with Gasteiger partial charge in [0, 0.05) is 12.2 Å². The van der Waals surface area contributed by atoms with Crippen molar-refractivity contribution in [2.75, 3.05) is 11.9 Å². The molecule has 0 aromatic heterocycles. The van der Waals surface area contributed by atoms with E-state index in [9.17, 15) is 14.7 Å². The van der Waals surface area contributed by atoms with Crippen molar-refractivity contribution < 1.29 is 14.7 Å². The minimum atomic E-state index is -0.850. The summed E-state index contributed by atoms with van der Waals surface area (Å²) in [5.74, 6) is -1.54. The largest absolute Gasteiger partial charge is 0.387 e. The van der Waals surface area contributed by atoms with Gasteiger partial charge in [-0.05, 0) is 24.6 Å². The van der Waals surface area contributed by atoms with Crippen molar-refractivity contribution in [3.05, 3.63) is 65.7 Å². The van der Waals surface area contributed by atoms with Gasteiger partial charge in [0.15, 0.2) is 0 Å². The standard InChI is InChI=1S/C17H18N2O3/c1-12-7-9-14(10-8-12)19-17(22)16(21)18-11-15(20)13-5-3-2-4-6-13/h2-10,15,20H,11H2,1H3,(H,18,21)(H,19,22)/t15-/m1/s1. The monoisotopic (exact) mass is 298 g/mol. The van der Waals surface area contributed by atoms with Crippen LogP contribution in [0.4, 0.5) is 5.69 Å². The zero-order valence-electron chi connectivity index (χ0n) is 12.2. The summed E-state index contributed by atoms with van der Waals surface area (Å²) >= 11 is 0. The maximum Gasteiger partial charge on any atom is 0.313 e. The number of amides is 2. The number of hydrogen-bond acceptors (Lipinski definition) is 3. The van der Waals surface area contributed by atoms with Gasteiger partial charge in [-0.25, -0.2) is 0 Å². The Kier molecular flexibility index (Phi) is 5.27. The first-order valence-corrected chi connectivity index (χ1v) is 6.95. The molecule has 2 rings (SSSR count). The van der Waals surface area contributed by atoms with Crippen LogP contribution in [0, 0.1) is 6.92 Å². The van der Waals surface area contributed by atoms with Crippen molar-refractivity contribution in [2.45, 2.75) is 13.0 Å². The molecule has 0 heterocycles. The second kappa shape index (κ2) is 7.38. The molecule has 5 nitrogen and oxygen atoms in total. The molecule has 114 valence electrons. The third-order valence-electron chi connectivity index (χ3n) is 3.16.